The highest BCUT2D eigenvalue weighted by Crippen LogP contribution is 2.33. The van der Waals surface area contributed by atoms with Crippen molar-refractivity contribution in [1.29, 1.82) is 0 Å². The molecular formula is C16H19BrN6OS2. The predicted molar refractivity (Wildman–Crippen MR) is 110 cm³/mol. The van der Waals surface area contributed by atoms with Crippen molar-refractivity contribution in [3.05, 3.63) is 24.3 Å². The Balaban J connectivity index is 1.83. The Hall–Kier alpha value is -1.65. The highest BCUT2D eigenvalue weighted by Gasteiger charge is 2.16. The molecule has 2 heterocycles. The molecule has 0 atom stereocenters. The van der Waals surface area contributed by atoms with E-state index >= 15 is 0 Å². The number of nitrogens with zero attached hydrogens (tertiary/aromatic N) is 5. The van der Waals surface area contributed by atoms with Crippen molar-refractivity contribution in [3.63, 3.8) is 0 Å². The van der Waals surface area contributed by atoms with E-state index in [9.17, 15) is 0 Å². The number of anilines is 1. The van der Waals surface area contributed by atoms with Gasteiger partial charge < -0.3 is 10.5 Å². The van der Waals surface area contributed by atoms with Crippen molar-refractivity contribution in [2.24, 2.45) is 0 Å². The van der Waals surface area contributed by atoms with E-state index in [-0.39, 0.29) is 0 Å². The second-order valence-corrected chi connectivity index (χ2v) is 8.10. The van der Waals surface area contributed by atoms with Crippen molar-refractivity contribution in [1.82, 2.24) is 25.0 Å². The van der Waals surface area contributed by atoms with Crippen LogP contribution in [0.15, 0.2) is 29.4 Å². The van der Waals surface area contributed by atoms with Crippen LogP contribution < -0.4 is 10.5 Å². The number of ether oxygens (including phenoxy) is 1. The van der Waals surface area contributed by atoms with E-state index in [1.165, 1.54) is 16.0 Å². The summed E-state index contributed by atoms with van der Waals surface area (Å²) in [5.41, 5.74) is 6.90. The summed E-state index contributed by atoms with van der Waals surface area (Å²) in [7, 11) is 0. The second-order valence-electron chi connectivity index (χ2n) is 5.29. The zero-order chi connectivity index (χ0) is 18.4. The van der Waals surface area contributed by atoms with Crippen LogP contribution in [0.25, 0.3) is 15.7 Å². The minimum absolute atomic E-state index is 0.313. The summed E-state index contributed by atoms with van der Waals surface area (Å²) in [5.74, 6) is 2.05. The Kier molecular flexibility index (Phi) is 6.86. The molecule has 0 aliphatic rings. The third-order valence-corrected chi connectivity index (χ3v) is 5.83. The fourth-order valence-electron chi connectivity index (χ4n) is 2.12. The van der Waals surface area contributed by atoms with Gasteiger partial charge in [0, 0.05) is 11.1 Å². The second kappa shape index (κ2) is 9.33. The Morgan fingerprint density at radius 1 is 1.31 bits per heavy atom. The molecule has 0 amide bonds. The number of thioether (sulfide) groups is 1. The summed E-state index contributed by atoms with van der Waals surface area (Å²) >= 11 is 6.39. The van der Waals surface area contributed by atoms with E-state index in [0.29, 0.717) is 22.8 Å². The summed E-state index contributed by atoms with van der Waals surface area (Å²) in [4.78, 5) is 4.28. The number of hydrogen-bond donors (Lipinski definition) is 1. The molecule has 2 aromatic heterocycles. The molecular weight excluding hydrogens is 436 g/mol. The smallest absolute Gasteiger partial charge is 0.236 e. The van der Waals surface area contributed by atoms with Gasteiger partial charge >= 0.3 is 0 Å². The van der Waals surface area contributed by atoms with E-state index in [0.717, 1.165) is 40.2 Å². The van der Waals surface area contributed by atoms with Gasteiger partial charge in [-0.25, -0.2) is 0 Å². The largest absolute Gasteiger partial charge is 0.493 e. The van der Waals surface area contributed by atoms with E-state index in [1.807, 2.05) is 24.3 Å². The number of alkyl halides is 1. The summed E-state index contributed by atoms with van der Waals surface area (Å²) in [6.45, 7) is 2.75. The Morgan fingerprint density at radius 2 is 2.15 bits per heavy atom. The first-order valence-electron chi connectivity index (χ1n) is 8.20. The van der Waals surface area contributed by atoms with Crippen LogP contribution >= 0.6 is 39.0 Å². The SMILES string of the molecule is CCCSc1nc(N)n(-c2nnc(-c3ccccc3OCCCBr)s2)n1. The summed E-state index contributed by atoms with van der Waals surface area (Å²) in [6, 6.07) is 7.81. The van der Waals surface area contributed by atoms with Crippen LogP contribution in [-0.4, -0.2) is 42.7 Å². The average Bonchev–Trinajstić information content (AvgIpc) is 3.27. The molecule has 0 fully saturated rings. The highest BCUT2D eigenvalue weighted by molar-refractivity contribution is 9.09. The van der Waals surface area contributed by atoms with Crippen molar-refractivity contribution in [3.8, 4) is 21.5 Å². The minimum Gasteiger partial charge on any atom is -0.493 e. The van der Waals surface area contributed by atoms with Crippen LogP contribution in [0.1, 0.15) is 19.8 Å². The third kappa shape index (κ3) is 4.54. The third-order valence-electron chi connectivity index (χ3n) is 3.30. The number of nitrogen functional groups attached to an aromatic ring is 1. The van der Waals surface area contributed by atoms with Gasteiger partial charge in [-0.3, -0.25) is 0 Å². The zero-order valence-corrected chi connectivity index (χ0v) is 17.5. The maximum Gasteiger partial charge on any atom is 0.236 e. The molecule has 0 radical (unpaired) electrons. The number of hydrogen-bond acceptors (Lipinski definition) is 8. The van der Waals surface area contributed by atoms with E-state index in [1.54, 1.807) is 11.8 Å². The molecule has 26 heavy (non-hydrogen) atoms. The molecule has 0 saturated heterocycles. The van der Waals surface area contributed by atoms with Gasteiger partial charge in [-0.1, -0.05) is 58.1 Å². The molecule has 3 rings (SSSR count). The van der Waals surface area contributed by atoms with Gasteiger partial charge in [-0.15, -0.1) is 15.3 Å². The van der Waals surface area contributed by atoms with E-state index in [2.05, 4.69) is 43.1 Å². The number of para-hydroxylation sites is 1. The molecule has 1 aromatic carbocycles. The van der Waals surface area contributed by atoms with Gasteiger partial charge in [0.1, 0.15) is 5.75 Å². The fraction of sp³-hybridized carbons (Fsp3) is 0.375. The lowest BCUT2D eigenvalue weighted by Crippen LogP contribution is -2.01. The standard InChI is InChI=1S/C16H19BrN6OS2/c1-2-10-25-15-19-14(18)23(22-15)16-21-20-13(26-16)11-6-3-4-7-12(11)24-9-5-8-17/h3-4,6-7H,2,5,8-10H2,1H3,(H2,18,19,22). The maximum absolute atomic E-state index is 5.99. The minimum atomic E-state index is 0.313. The lowest BCUT2D eigenvalue weighted by atomic mass is 10.2. The van der Waals surface area contributed by atoms with Crippen molar-refractivity contribution >= 4 is 45.0 Å². The molecule has 0 aliphatic carbocycles. The van der Waals surface area contributed by atoms with E-state index < -0.39 is 0 Å². The molecule has 0 bridgehead atoms. The first-order chi connectivity index (χ1) is 12.7. The highest BCUT2D eigenvalue weighted by atomic mass is 79.9. The van der Waals surface area contributed by atoms with Gasteiger partial charge in [0.2, 0.25) is 16.2 Å². The van der Waals surface area contributed by atoms with Gasteiger partial charge in [0.15, 0.2) is 5.01 Å². The molecule has 0 unspecified atom stereocenters. The molecule has 138 valence electrons. The number of rotatable bonds is 9. The normalized spacial score (nSPS) is 11.0. The lowest BCUT2D eigenvalue weighted by molar-refractivity contribution is 0.320. The monoisotopic (exact) mass is 454 g/mol. The quantitative estimate of drug-likeness (QED) is 0.296. The van der Waals surface area contributed by atoms with Crippen LogP contribution in [0.5, 0.6) is 5.75 Å². The Bertz CT molecular complexity index is 853. The lowest BCUT2D eigenvalue weighted by Gasteiger charge is -2.08. The van der Waals surface area contributed by atoms with Gasteiger partial charge in [-0.05, 0) is 25.0 Å². The van der Waals surface area contributed by atoms with Crippen LogP contribution in [0.2, 0.25) is 0 Å². The van der Waals surface area contributed by atoms with Crippen molar-refractivity contribution < 1.29 is 4.74 Å². The van der Waals surface area contributed by atoms with Crippen molar-refractivity contribution in [2.45, 2.75) is 24.9 Å². The van der Waals surface area contributed by atoms with Crippen molar-refractivity contribution in [2.75, 3.05) is 23.4 Å². The molecule has 10 heteroatoms. The average molecular weight is 455 g/mol. The molecule has 7 nitrogen and oxygen atoms in total. The zero-order valence-electron chi connectivity index (χ0n) is 14.3. The number of aromatic nitrogens is 5. The van der Waals surface area contributed by atoms with Crippen LogP contribution in [-0.2, 0) is 0 Å². The summed E-state index contributed by atoms with van der Waals surface area (Å²) in [6.07, 6.45) is 1.98. The predicted octanol–water partition coefficient (Wildman–Crippen LogP) is 4.03. The first kappa shape index (κ1) is 19.1. The topological polar surface area (TPSA) is 91.7 Å². The number of nitrogens with two attached hydrogens (primary N) is 1. The number of halogens is 1. The van der Waals surface area contributed by atoms with Crippen LogP contribution in [0, 0.1) is 0 Å². The van der Waals surface area contributed by atoms with E-state index in [4.69, 9.17) is 10.5 Å². The molecule has 0 aliphatic heterocycles. The Labute approximate surface area is 168 Å². The molecule has 0 spiro atoms. The summed E-state index contributed by atoms with van der Waals surface area (Å²) in [5, 5.41) is 15.8. The molecule has 2 N–H and O–H groups in total. The first-order valence-corrected chi connectivity index (χ1v) is 11.1. The maximum atomic E-state index is 5.99. The molecule has 3 aromatic rings. The van der Waals surface area contributed by atoms with Gasteiger partial charge in [0.05, 0.1) is 12.2 Å². The Morgan fingerprint density at radius 3 is 2.96 bits per heavy atom. The fourth-order valence-corrected chi connectivity index (χ4v) is 3.86. The van der Waals surface area contributed by atoms with Crippen LogP contribution in [0.4, 0.5) is 5.95 Å². The van der Waals surface area contributed by atoms with Crippen LogP contribution in [0.3, 0.4) is 0 Å². The number of benzene rings is 1. The summed E-state index contributed by atoms with van der Waals surface area (Å²) < 4.78 is 7.40. The van der Waals surface area contributed by atoms with Gasteiger partial charge in [0.25, 0.3) is 0 Å². The van der Waals surface area contributed by atoms with Gasteiger partial charge in [-0.2, -0.15) is 9.67 Å². The molecule has 0 saturated carbocycles.